The van der Waals surface area contributed by atoms with Crippen LogP contribution in [0.3, 0.4) is 0 Å². The molecule has 0 aliphatic carbocycles. The normalized spacial score (nSPS) is 15.5. The number of oxazole rings is 1. The first-order chi connectivity index (χ1) is 12.6. The summed E-state index contributed by atoms with van der Waals surface area (Å²) in [4.78, 5) is 33.2. The van der Waals surface area contributed by atoms with E-state index >= 15 is 0 Å². The van der Waals surface area contributed by atoms with Gasteiger partial charge < -0.3 is 14.2 Å². The Labute approximate surface area is 154 Å². The van der Waals surface area contributed by atoms with E-state index < -0.39 is 0 Å². The van der Waals surface area contributed by atoms with Crippen LogP contribution in [-0.4, -0.2) is 52.8 Å². The van der Waals surface area contributed by atoms with Crippen molar-refractivity contribution in [2.24, 2.45) is 5.92 Å². The van der Waals surface area contributed by atoms with E-state index in [0.717, 1.165) is 36.9 Å². The lowest BCUT2D eigenvalue weighted by Gasteiger charge is -2.25. The fraction of sp³-hybridized carbons (Fsp3) is 0.550. The minimum atomic E-state index is 0.0979. The van der Waals surface area contributed by atoms with Crippen LogP contribution in [0.5, 0.6) is 0 Å². The van der Waals surface area contributed by atoms with Gasteiger partial charge in [-0.25, -0.2) is 4.98 Å². The lowest BCUT2D eigenvalue weighted by molar-refractivity contribution is -0.136. The van der Waals surface area contributed by atoms with Gasteiger partial charge in [0, 0.05) is 32.1 Å². The number of nitrogens with zero attached hydrogens (tertiary/aromatic N) is 3. The second-order valence-electron chi connectivity index (χ2n) is 6.90. The van der Waals surface area contributed by atoms with Crippen molar-refractivity contribution >= 4 is 22.9 Å². The lowest BCUT2D eigenvalue weighted by atomic mass is 10.0. The summed E-state index contributed by atoms with van der Waals surface area (Å²) in [5.74, 6) is 0.437. The molecule has 0 bridgehead atoms. The van der Waals surface area contributed by atoms with Crippen LogP contribution in [0.1, 0.15) is 38.7 Å². The van der Waals surface area contributed by atoms with E-state index in [2.05, 4.69) is 18.8 Å². The van der Waals surface area contributed by atoms with E-state index in [-0.39, 0.29) is 17.7 Å². The van der Waals surface area contributed by atoms with Crippen LogP contribution >= 0.6 is 0 Å². The molecule has 6 nitrogen and oxygen atoms in total. The Bertz CT molecular complexity index is 767. The van der Waals surface area contributed by atoms with Gasteiger partial charge in [0.1, 0.15) is 5.52 Å². The number of hydrogen-bond acceptors (Lipinski definition) is 4. The number of fused-ring (bicyclic) bond motifs is 1. The molecule has 26 heavy (non-hydrogen) atoms. The zero-order valence-corrected chi connectivity index (χ0v) is 15.6. The van der Waals surface area contributed by atoms with Crippen molar-refractivity contribution < 1.29 is 14.0 Å². The number of hydrogen-bond donors (Lipinski definition) is 0. The minimum absolute atomic E-state index is 0.0979. The molecule has 0 N–H and O–H groups in total. The molecular formula is C20H27N3O3. The summed E-state index contributed by atoms with van der Waals surface area (Å²) in [6.45, 7) is 6.80. The first kappa shape index (κ1) is 18.4. The fourth-order valence-corrected chi connectivity index (χ4v) is 3.58. The molecule has 1 aliphatic heterocycles. The molecule has 3 rings (SSSR count). The second-order valence-corrected chi connectivity index (χ2v) is 6.90. The summed E-state index contributed by atoms with van der Waals surface area (Å²) in [5, 5.41) is 0. The Hall–Kier alpha value is -2.37. The van der Waals surface area contributed by atoms with Gasteiger partial charge in [-0.1, -0.05) is 19.9 Å². The smallest absolute Gasteiger partial charge is 0.227 e. The van der Waals surface area contributed by atoms with Gasteiger partial charge in [-0.05, 0) is 37.0 Å². The van der Waals surface area contributed by atoms with Crippen molar-refractivity contribution in [3.05, 3.63) is 30.2 Å². The van der Waals surface area contributed by atoms with Crippen molar-refractivity contribution in [3.8, 4) is 0 Å². The average molecular weight is 357 g/mol. The summed E-state index contributed by atoms with van der Waals surface area (Å²) in [6, 6.07) is 5.67. The second kappa shape index (κ2) is 8.34. The van der Waals surface area contributed by atoms with Gasteiger partial charge in [0.25, 0.3) is 0 Å². The highest BCUT2D eigenvalue weighted by Crippen LogP contribution is 2.17. The molecule has 2 aromatic rings. The summed E-state index contributed by atoms with van der Waals surface area (Å²) in [5.41, 5.74) is 2.42. The number of aromatic nitrogens is 1. The number of benzene rings is 1. The maximum Gasteiger partial charge on any atom is 0.227 e. The Kier molecular flexibility index (Phi) is 5.91. The van der Waals surface area contributed by atoms with Crippen molar-refractivity contribution in [2.45, 2.75) is 39.5 Å². The van der Waals surface area contributed by atoms with Crippen molar-refractivity contribution in [2.75, 3.05) is 26.2 Å². The van der Waals surface area contributed by atoms with Gasteiger partial charge in [-0.3, -0.25) is 9.59 Å². The van der Waals surface area contributed by atoms with E-state index in [1.807, 2.05) is 28.0 Å². The molecule has 2 heterocycles. The van der Waals surface area contributed by atoms with Gasteiger partial charge in [0.15, 0.2) is 12.0 Å². The molecule has 0 radical (unpaired) electrons. The quantitative estimate of drug-likeness (QED) is 0.825. The molecule has 0 spiro atoms. The van der Waals surface area contributed by atoms with Gasteiger partial charge in [-0.15, -0.1) is 0 Å². The maximum atomic E-state index is 12.7. The molecule has 1 aliphatic rings. The Morgan fingerprint density at radius 2 is 1.85 bits per heavy atom. The Morgan fingerprint density at radius 1 is 1.12 bits per heavy atom. The number of rotatable bonds is 5. The molecule has 140 valence electrons. The Morgan fingerprint density at radius 3 is 2.62 bits per heavy atom. The third kappa shape index (κ3) is 4.06. The predicted octanol–water partition coefficient (Wildman–Crippen LogP) is 2.87. The number of carbonyl (C=O) groups is 2. The van der Waals surface area contributed by atoms with E-state index in [9.17, 15) is 9.59 Å². The van der Waals surface area contributed by atoms with Gasteiger partial charge in [-0.2, -0.15) is 0 Å². The molecule has 0 unspecified atom stereocenters. The summed E-state index contributed by atoms with van der Waals surface area (Å²) in [6.07, 6.45) is 4.34. The fourth-order valence-electron chi connectivity index (χ4n) is 3.58. The monoisotopic (exact) mass is 357 g/mol. The molecule has 1 aromatic carbocycles. The molecule has 6 heteroatoms. The molecule has 0 saturated carbocycles. The largest absolute Gasteiger partial charge is 0.443 e. The number of amides is 2. The van der Waals surface area contributed by atoms with E-state index in [4.69, 9.17) is 4.42 Å². The van der Waals surface area contributed by atoms with Crippen LogP contribution in [0.25, 0.3) is 11.1 Å². The van der Waals surface area contributed by atoms with E-state index in [1.165, 1.54) is 6.39 Å². The topological polar surface area (TPSA) is 66.7 Å². The average Bonchev–Trinajstić information content (AvgIpc) is 2.96. The van der Waals surface area contributed by atoms with Gasteiger partial charge in [0.05, 0.1) is 6.42 Å². The van der Waals surface area contributed by atoms with Crippen molar-refractivity contribution in [1.29, 1.82) is 0 Å². The third-order valence-electron chi connectivity index (χ3n) is 5.25. The Balaban J connectivity index is 1.59. The van der Waals surface area contributed by atoms with Crippen LogP contribution in [0.2, 0.25) is 0 Å². The van der Waals surface area contributed by atoms with Crippen LogP contribution in [0.15, 0.2) is 29.0 Å². The van der Waals surface area contributed by atoms with E-state index in [1.54, 1.807) is 0 Å². The van der Waals surface area contributed by atoms with Crippen molar-refractivity contribution in [3.63, 3.8) is 0 Å². The van der Waals surface area contributed by atoms with Crippen LogP contribution in [-0.2, 0) is 16.0 Å². The molecule has 2 amide bonds. The summed E-state index contributed by atoms with van der Waals surface area (Å²) in [7, 11) is 0. The van der Waals surface area contributed by atoms with Crippen LogP contribution < -0.4 is 0 Å². The molecule has 1 saturated heterocycles. The zero-order chi connectivity index (χ0) is 18.5. The van der Waals surface area contributed by atoms with Crippen LogP contribution in [0, 0.1) is 5.92 Å². The lowest BCUT2D eigenvalue weighted by Crippen LogP contribution is -2.40. The van der Waals surface area contributed by atoms with Gasteiger partial charge in [0.2, 0.25) is 11.8 Å². The standard InChI is InChI=1S/C20H27N3O3/c1-3-16(4-2)20(25)23-9-5-8-22(10-11-23)19(24)13-15-6-7-17-18(12-15)26-14-21-17/h6-7,12,14,16H,3-5,8-11,13H2,1-2H3. The maximum absolute atomic E-state index is 12.7. The number of carbonyl (C=O) groups excluding carboxylic acids is 2. The molecular weight excluding hydrogens is 330 g/mol. The first-order valence-electron chi connectivity index (χ1n) is 9.51. The third-order valence-corrected chi connectivity index (χ3v) is 5.25. The zero-order valence-electron chi connectivity index (χ0n) is 15.6. The van der Waals surface area contributed by atoms with Gasteiger partial charge >= 0.3 is 0 Å². The molecule has 1 aromatic heterocycles. The SMILES string of the molecule is CCC(CC)C(=O)N1CCCN(C(=O)Cc2ccc3ncoc3c2)CC1. The first-order valence-corrected chi connectivity index (χ1v) is 9.51. The highest BCUT2D eigenvalue weighted by molar-refractivity contribution is 5.81. The molecule has 1 fully saturated rings. The van der Waals surface area contributed by atoms with Crippen molar-refractivity contribution in [1.82, 2.24) is 14.8 Å². The summed E-state index contributed by atoms with van der Waals surface area (Å²) >= 11 is 0. The highest BCUT2D eigenvalue weighted by Gasteiger charge is 2.25. The summed E-state index contributed by atoms with van der Waals surface area (Å²) < 4.78 is 5.31. The van der Waals surface area contributed by atoms with Crippen LogP contribution in [0.4, 0.5) is 0 Å². The minimum Gasteiger partial charge on any atom is -0.443 e. The van der Waals surface area contributed by atoms with E-state index in [0.29, 0.717) is 31.6 Å². The molecule has 0 atom stereocenters. The highest BCUT2D eigenvalue weighted by atomic mass is 16.3. The predicted molar refractivity (Wildman–Crippen MR) is 99.6 cm³/mol.